The summed E-state index contributed by atoms with van der Waals surface area (Å²) in [7, 11) is 3.22. The van der Waals surface area contributed by atoms with Crippen molar-refractivity contribution in [2.75, 3.05) is 26.1 Å². The molecule has 0 spiro atoms. The molecule has 5 nitrogen and oxygen atoms in total. The number of nitrogens with zero attached hydrogens (tertiary/aromatic N) is 1. The van der Waals surface area contributed by atoms with E-state index in [1.165, 1.54) is 0 Å². The molecule has 0 aromatic heterocycles. The first kappa shape index (κ1) is 17.1. The maximum Gasteiger partial charge on any atom is 0.193 e. The van der Waals surface area contributed by atoms with E-state index in [4.69, 9.17) is 26.8 Å². The second-order valence-corrected chi connectivity index (χ2v) is 5.20. The first-order chi connectivity index (χ1) is 11.2. The number of methoxy groups -OCH3 is 2. The molecule has 3 N–H and O–H groups in total. The summed E-state index contributed by atoms with van der Waals surface area (Å²) < 4.78 is 10.7. The van der Waals surface area contributed by atoms with Gasteiger partial charge in [0.1, 0.15) is 11.9 Å². The topological polar surface area (TPSA) is 68.9 Å². The maximum absolute atomic E-state index is 6.19. The number of hydrogen-bond donors (Lipinski definition) is 2. The molecular formula is C17H20ClN3O2. The summed E-state index contributed by atoms with van der Waals surface area (Å²) in [6.07, 6.45) is -0.262. The third-order valence-corrected chi connectivity index (χ3v) is 3.68. The van der Waals surface area contributed by atoms with Gasteiger partial charge in [-0.05, 0) is 18.2 Å². The van der Waals surface area contributed by atoms with Gasteiger partial charge in [-0.2, -0.15) is 0 Å². The van der Waals surface area contributed by atoms with Crippen LogP contribution in [0.5, 0.6) is 5.75 Å². The van der Waals surface area contributed by atoms with E-state index < -0.39 is 0 Å². The van der Waals surface area contributed by atoms with Crippen LogP contribution in [0.3, 0.4) is 0 Å². The summed E-state index contributed by atoms with van der Waals surface area (Å²) in [5, 5.41) is 3.67. The number of aliphatic imine (C=N–C) groups is 1. The Hall–Kier alpha value is -2.24. The van der Waals surface area contributed by atoms with Crippen molar-refractivity contribution in [2.45, 2.75) is 6.10 Å². The molecule has 0 saturated carbocycles. The summed E-state index contributed by atoms with van der Waals surface area (Å²) in [5.74, 6) is 0.976. The van der Waals surface area contributed by atoms with Gasteiger partial charge in [-0.15, -0.1) is 0 Å². The summed E-state index contributed by atoms with van der Waals surface area (Å²) in [4.78, 5) is 4.33. The fraction of sp³-hybridized carbons (Fsp3) is 0.235. The summed E-state index contributed by atoms with van der Waals surface area (Å²) in [5.41, 5.74) is 7.58. The van der Waals surface area contributed by atoms with Crippen LogP contribution in [0.4, 0.5) is 5.69 Å². The molecule has 122 valence electrons. The van der Waals surface area contributed by atoms with Crippen molar-refractivity contribution in [1.29, 1.82) is 0 Å². The molecule has 0 amide bonds. The Labute approximate surface area is 141 Å². The first-order valence-electron chi connectivity index (χ1n) is 7.13. The molecule has 1 unspecified atom stereocenters. The van der Waals surface area contributed by atoms with Crippen molar-refractivity contribution in [3.8, 4) is 5.75 Å². The molecule has 0 radical (unpaired) electrons. The minimum Gasteiger partial charge on any atom is -0.495 e. The zero-order valence-electron chi connectivity index (χ0n) is 13.1. The number of ether oxygens (including phenoxy) is 2. The van der Waals surface area contributed by atoms with Gasteiger partial charge in [0.05, 0.1) is 19.3 Å². The minimum absolute atomic E-state index is 0.262. The molecule has 23 heavy (non-hydrogen) atoms. The van der Waals surface area contributed by atoms with E-state index in [0.717, 1.165) is 11.3 Å². The lowest BCUT2D eigenvalue weighted by molar-refractivity contribution is 0.111. The summed E-state index contributed by atoms with van der Waals surface area (Å²) in [6, 6.07) is 15.0. The maximum atomic E-state index is 6.19. The van der Waals surface area contributed by atoms with Crippen molar-refractivity contribution >= 4 is 23.2 Å². The Balaban J connectivity index is 2.07. The zero-order chi connectivity index (χ0) is 16.7. The molecule has 0 fully saturated rings. The number of nitrogens with two attached hydrogens (primary N) is 1. The molecule has 2 rings (SSSR count). The third-order valence-electron chi connectivity index (χ3n) is 3.33. The highest BCUT2D eigenvalue weighted by Gasteiger charge is 2.13. The van der Waals surface area contributed by atoms with Crippen LogP contribution in [0, 0.1) is 0 Å². The second-order valence-electron chi connectivity index (χ2n) is 4.80. The van der Waals surface area contributed by atoms with Gasteiger partial charge in [-0.1, -0.05) is 41.9 Å². The number of hydrogen-bond acceptors (Lipinski definition) is 3. The van der Waals surface area contributed by atoms with Gasteiger partial charge in [0, 0.05) is 17.7 Å². The fourth-order valence-electron chi connectivity index (χ4n) is 2.14. The predicted molar refractivity (Wildman–Crippen MR) is 94.3 cm³/mol. The van der Waals surface area contributed by atoms with Crippen molar-refractivity contribution in [3.63, 3.8) is 0 Å². The molecule has 0 aliphatic heterocycles. The van der Waals surface area contributed by atoms with Gasteiger partial charge < -0.3 is 20.5 Å². The lowest BCUT2D eigenvalue weighted by Crippen LogP contribution is -2.24. The number of rotatable bonds is 6. The Morgan fingerprint density at radius 1 is 1.17 bits per heavy atom. The molecule has 0 heterocycles. The molecule has 2 aromatic carbocycles. The summed E-state index contributed by atoms with van der Waals surface area (Å²) in [6.45, 7) is 0.355. The van der Waals surface area contributed by atoms with E-state index in [1.807, 2.05) is 48.5 Å². The Kier molecular flexibility index (Phi) is 6.26. The molecule has 0 aliphatic rings. The van der Waals surface area contributed by atoms with Gasteiger partial charge >= 0.3 is 0 Å². The smallest absolute Gasteiger partial charge is 0.193 e. The van der Waals surface area contributed by atoms with E-state index in [9.17, 15) is 0 Å². The Morgan fingerprint density at radius 3 is 2.57 bits per heavy atom. The van der Waals surface area contributed by atoms with Crippen LogP contribution < -0.4 is 15.8 Å². The first-order valence-corrected chi connectivity index (χ1v) is 7.50. The van der Waals surface area contributed by atoms with Gasteiger partial charge in [0.25, 0.3) is 0 Å². The van der Waals surface area contributed by atoms with Crippen LogP contribution in [0.1, 0.15) is 11.7 Å². The molecule has 0 aliphatic carbocycles. The Bertz CT molecular complexity index is 676. The van der Waals surface area contributed by atoms with E-state index >= 15 is 0 Å². The minimum atomic E-state index is -0.262. The van der Waals surface area contributed by atoms with Gasteiger partial charge in [-0.25, -0.2) is 0 Å². The Morgan fingerprint density at radius 2 is 1.87 bits per heavy atom. The van der Waals surface area contributed by atoms with Gasteiger partial charge in [0.15, 0.2) is 5.96 Å². The fourth-order valence-corrected chi connectivity index (χ4v) is 2.40. The number of anilines is 1. The number of guanidine groups is 1. The van der Waals surface area contributed by atoms with Gasteiger partial charge in [0.2, 0.25) is 0 Å². The highest BCUT2D eigenvalue weighted by atomic mass is 35.5. The van der Waals surface area contributed by atoms with E-state index in [0.29, 0.717) is 17.3 Å². The third kappa shape index (κ3) is 4.61. The van der Waals surface area contributed by atoms with Crippen LogP contribution >= 0.6 is 11.6 Å². The van der Waals surface area contributed by atoms with Gasteiger partial charge in [-0.3, -0.25) is 4.99 Å². The molecule has 6 heteroatoms. The average molecular weight is 334 g/mol. The quantitative estimate of drug-likeness (QED) is 0.627. The monoisotopic (exact) mass is 333 g/mol. The van der Waals surface area contributed by atoms with Crippen LogP contribution in [-0.4, -0.2) is 26.7 Å². The van der Waals surface area contributed by atoms with Crippen LogP contribution in [-0.2, 0) is 4.74 Å². The number of halogens is 1. The predicted octanol–water partition coefficient (Wildman–Crippen LogP) is 3.46. The number of nitrogens with one attached hydrogen (secondary N) is 1. The van der Waals surface area contributed by atoms with E-state index in [2.05, 4.69) is 10.3 Å². The van der Waals surface area contributed by atoms with Crippen molar-refractivity contribution in [1.82, 2.24) is 0 Å². The largest absolute Gasteiger partial charge is 0.495 e. The van der Waals surface area contributed by atoms with Crippen LogP contribution in [0.15, 0.2) is 53.5 Å². The molecule has 0 bridgehead atoms. The average Bonchev–Trinajstić information content (AvgIpc) is 2.57. The van der Waals surface area contributed by atoms with E-state index in [-0.39, 0.29) is 12.1 Å². The normalized spacial score (nSPS) is 12.7. The molecule has 0 saturated heterocycles. The summed E-state index contributed by atoms with van der Waals surface area (Å²) >= 11 is 6.19. The molecular weight excluding hydrogens is 314 g/mol. The van der Waals surface area contributed by atoms with E-state index in [1.54, 1.807) is 14.2 Å². The lowest BCUT2D eigenvalue weighted by atomic mass is 10.1. The second kappa shape index (κ2) is 8.41. The standard InChI is InChI=1S/C17H20ClN3O2/c1-22-15-10-6-5-9-14(15)21-17(19)20-11-16(23-2)12-7-3-4-8-13(12)18/h3-10,16H,11H2,1-2H3,(H3,19,20,21). The van der Waals surface area contributed by atoms with Crippen molar-refractivity contribution < 1.29 is 9.47 Å². The molecule has 2 aromatic rings. The van der Waals surface area contributed by atoms with Crippen molar-refractivity contribution in [3.05, 3.63) is 59.1 Å². The number of para-hydroxylation sites is 2. The highest BCUT2D eigenvalue weighted by molar-refractivity contribution is 6.31. The lowest BCUT2D eigenvalue weighted by Gasteiger charge is -2.16. The van der Waals surface area contributed by atoms with Crippen LogP contribution in [0.2, 0.25) is 5.02 Å². The number of benzene rings is 2. The van der Waals surface area contributed by atoms with Crippen LogP contribution in [0.25, 0.3) is 0 Å². The zero-order valence-corrected chi connectivity index (χ0v) is 13.9. The van der Waals surface area contributed by atoms with Crippen molar-refractivity contribution in [2.24, 2.45) is 10.7 Å². The SMILES string of the molecule is COc1ccccc1NC(N)=NCC(OC)c1ccccc1Cl. The highest BCUT2D eigenvalue weighted by Crippen LogP contribution is 2.25. The molecule has 1 atom stereocenters.